The molecule has 1 aromatic heterocycles. The van der Waals surface area contributed by atoms with Gasteiger partial charge in [-0.25, -0.2) is 4.39 Å². The molecule has 2 aromatic carbocycles. The van der Waals surface area contributed by atoms with E-state index in [1.54, 1.807) is 13.1 Å². The highest BCUT2D eigenvalue weighted by Gasteiger charge is 2.07. The number of H-pyrrole nitrogens is 1. The summed E-state index contributed by atoms with van der Waals surface area (Å²) in [5, 5.41) is 16.9. The Labute approximate surface area is 181 Å². The molecule has 0 unspecified atom stereocenters. The van der Waals surface area contributed by atoms with E-state index in [2.05, 4.69) is 51.9 Å². The lowest BCUT2D eigenvalue weighted by Crippen LogP contribution is -2.37. The van der Waals surface area contributed by atoms with Crippen molar-refractivity contribution < 1.29 is 9.50 Å². The molecule has 3 rings (SSSR count). The average molecular weight is 496 g/mol. The molecule has 1 heterocycles. The molecule has 0 amide bonds. The maximum absolute atomic E-state index is 13.4. The first kappa shape index (κ1) is 22.0. The minimum absolute atomic E-state index is 0. The highest BCUT2D eigenvalue weighted by Crippen LogP contribution is 2.22. The van der Waals surface area contributed by atoms with E-state index in [9.17, 15) is 9.50 Å². The number of aromatic hydroxyl groups is 1. The highest BCUT2D eigenvalue weighted by molar-refractivity contribution is 14.0. The van der Waals surface area contributed by atoms with Gasteiger partial charge in [0.25, 0.3) is 0 Å². The Balaban J connectivity index is 0.00000280. The SMILES string of the molecule is CCc1cccc2c(CCNC(=NC)NCc3ccc(O)c(F)c3)c[nH]c12.I. The van der Waals surface area contributed by atoms with Crippen molar-refractivity contribution in [2.24, 2.45) is 4.99 Å². The van der Waals surface area contributed by atoms with Crippen LogP contribution in [0, 0.1) is 5.82 Å². The van der Waals surface area contributed by atoms with Gasteiger partial charge in [0.1, 0.15) is 0 Å². The number of aliphatic imine (C=N–C) groups is 1. The minimum Gasteiger partial charge on any atom is -0.505 e. The number of guanidine groups is 1. The Morgan fingerprint density at radius 3 is 2.71 bits per heavy atom. The van der Waals surface area contributed by atoms with Gasteiger partial charge in [0.15, 0.2) is 17.5 Å². The van der Waals surface area contributed by atoms with E-state index >= 15 is 0 Å². The van der Waals surface area contributed by atoms with Crippen LogP contribution in [0.2, 0.25) is 0 Å². The highest BCUT2D eigenvalue weighted by atomic mass is 127. The maximum Gasteiger partial charge on any atom is 0.191 e. The third-order valence-electron chi connectivity index (χ3n) is 4.65. The number of fused-ring (bicyclic) bond motifs is 1. The van der Waals surface area contributed by atoms with Gasteiger partial charge < -0.3 is 20.7 Å². The van der Waals surface area contributed by atoms with Crippen LogP contribution in [0.3, 0.4) is 0 Å². The standard InChI is InChI=1S/C21H25FN4O.HI/c1-3-15-5-4-6-17-16(13-25-20(15)17)9-10-24-21(23-2)26-12-14-7-8-19(27)18(22)11-14;/h4-8,11,13,25,27H,3,9-10,12H2,1-2H3,(H2,23,24,26);1H. The summed E-state index contributed by atoms with van der Waals surface area (Å²) in [6.07, 6.45) is 3.94. The van der Waals surface area contributed by atoms with E-state index < -0.39 is 5.82 Å². The predicted molar refractivity (Wildman–Crippen MR) is 123 cm³/mol. The number of rotatable bonds is 6. The summed E-state index contributed by atoms with van der Waals surface area (Å²) in [5.74, 6) is -0.313. The summed E-state index contributed by atoms with van der Waals surface area (Å²) in [7, 11) is 1.70. The van der Waals surface area contributed by atoms with Crippen molar-refractivity contribution in [1.29, 1.82) is 0 Å². The summed E-state index contributed by atoms with van der Waals surface area (Å²) in [5.41, 5.74) is 4.54. The molecule has 0 fully saturated rings. The van der Waals surface area contributed by atoms with Crippen LogP contribution in [0.4, 0.5) is 4.39 Å². The number of halogens is 2. The van der Waals surface area contributed by atoms with E-state index in [1.165, 1.54) is 34.2 Å². The van der Waals surface area contributed by atoms with Crippen molar-refractivity contribution in [2.75, 3.05) is 13.6 Å². The smallest absolute Gasteiger partial charge is 0.191 e. The molecule has 0 aliphatic carbocycles. The molecule has 0 bridgehead atoms. The quantitative estimate of drug-likeness (QED) is 0.236. The zero-order chi connectivity index (χ0) is 19.2. The van der Waals surface area contributed by atoms with Crippen molar-refractivity contribution >= 4 is 40.8 Å². The number of aryl methyl sites for hydroxylation is 1. The van der Waals surface area contributed by atoms with Crippen molar-refractivity contribution in [3.63, 3.8) is 0 Å². The van der Waals surface area contributed by atoms with Crippen molar-refractivity contribution in [3.8, 4) is 5.75 Å². The third kappa shape index (κ3) is 5.15. The van der Waals surface area contributed by atoms with Crippen LogP contribution in [0.5, 0.6) is 5.75 Å². The molecule has 5 nitrogen and oxygen atoms in total. The van der Waals surface area contributed by atoms with E-state index in [0.29, 0.717) is 12.5 Å². The van der Waals surface area contributed by atoms with Crippen LogP contribution in [-0.2, 0) is 19.4 Å². The fourth-order valence-electron chi connectivity index (χ4n) is 3.16. The predicted octanol–water partition coefficient (Wildman–Crippen LogP) is 4.10. The minimum atomic E-state index is -0.622. The largest absolute Gasteiger partial charge is 0.505 e. The van der Waals surface area contributed by atoms with Gasteiger partial charge in [-0.2, -0.15) is 0 Å². The van der Waals surface area contributed by atoms with Crippen LogP contribution >= 0.6 is 24.0 Å². The Morgan fingerprint density at radius 2 is 2.00 bits per heavy atom. The lowest BCUT2D eigenvalue weighted by Gasteiger charge is -2.12. The monoisotopic (exact) mass is 496 g/mol. The molecule has 0 saturated carbocycles. The van der Waals surface area contributed by atoms with Crippen LogP contribution in [0.1, 0.15) is 23.6 Å². The number of benzene rings is 2. The molecule has 3 aromatic rings. The van der Waals surface area contributed by atoms with E-state index in [-0.39, 0.29) is 29.7 Å². The number of nitrogens with one attached hydrogen (secondary N) is 3. The second-order valence-corrected chi connectivity index (χ2v) is 6.40. The number of phenols is 1. The first-order chi connectivity index (χ1) is 13.1. The van der Waals surface area contributed by atoms with Crippen molar-refractivity contribution in [1.82, 2.24) is 15.6 Å². The fraction of sp³-hybridized carbons (Fsp3) is 0.286. The molecule has 0 saturated heterocycles. The molecule has 0 atom stereocenters. The van der Waals surface area contributed by atoms with Crippen LogP contribution in [-0.4, -0.2) is 29.6 Å². The van der Waals surface area contributed by atoms with Crippen LogP contribution in [0.15, 0.2) is 47.6 Å². The van der Waals surface area contributed by atoms with Gasteiger partial charge in [-0.3, -0.25) is 4.99 Å². The Morgan fingerprint density at radius 1 is 1.18 bits per heavy atom. The molecule has 28 heavy (non-hydrogen) atoms. The van der Waals surface area contributed by atoms with E-state index in [1.807, 2.05) is 0 Å². The number of nitrogens with zero attached hydrogens (tertiary/aromatic N) is 1. The van der Waals surface area contributed by atoms with Gasteiger partial charge >= 0.3 is 0 Å². The van der Waals surface area contributed by atoms with Crippen LogP contribution < -0.4 is 10.6 Å². The van der Waals surface area contributed by atoms with Gasteiger partial charge in [0, 0.05) is 37.2 Å². The molecule has 0 spiro atoms. The van der Waals surface area contributed by atoms with Crippen molar-refractivity contribution in [2.45, 2.75) is 26.3 Å². The Bertz CT molecular complexity index is 955. The number of aromatic amines is 1. The summed E-state index contributed by atoms with van der Waals surface area (Å²) >= 11 is 0. The van der Waals surface area contributed by atoms with Gasteiger partial charge in [0.05, 0.1) is 0 Å². The molecule has 150 valence electrons. The van der Waals surface area contributed by atoms with Gasteiger partial charge in [-0.15, -0.1) is 24.0 Å². The topological polar surface area (TPSA) is 72.4 Å². The Hall–Kier alpha value is -2.29. The first-order valence-corrected chi connectivity index (χ1v) is 9.12. The van der Waals surface area contributed by atoms with Crippen molar-refractivity contribution in [3.05, 3.63) is 65.1 Å². The summed E-state index contributed by atoms with van der Waals surface area (Å²) in [6, 6.07) is 10.7. The normalized spacial score (nSPS) is 11.3. The van der Waals surface area contributed by atoms with Crippen LogP contribution in [0.25, 0.3) is 10.9 Å². The first-order valence-electron chi connectivity index (χ1n) is 9.12. The summed E-state index contributed by atoms with van der Waals surface area (Å²) in [6.45, 7) is 3.31. The second kappa shape index (κ2) is 10.3. The fourth-order valence-corrected chi connectivity index (χ4v) is 3.16. The average Bonchev–Trinajstić information content (AvgIpc) is 3.10. The third-order valence-corrected chi connectivity index (χ3v) is 4.65. The molecule has 7 heteroatoms. The van der Waals surface area contributed by atoms with Gasteiger partial charge in [-0.05, 0) is 41.7 Å². The van der Waals surface area contributed by atoms with E-state index in [4.69, 9.17) is 0 Å². The van der Waals surface area contributed by atoms with E-state index in [0.717, 1.165) is 24.9 Å². The second-order valence-electron chi connectivity index (χ2n) is 6.40. The molecular formula is C21H26FIN4O. The molecule has 0 radical (unpaired) electrons. The lowest BCUT2D eigenvalue weighted by atomic mass is 10.1. The molecule has 4 N–H and O–H groups in total. The lowest BCUT2D eigenvalue weighted by molar-refractivity contribution is 0.431. The molecule has 0 aliphatic rings. The number of phenolic OH excluding ortho intramolecular Hbond substituents is 1. The maximum atomic E-state index is 13.4. The van der Waals surface area contributed by atoms with Gasteiger partial charge in [0.2, 0.25) is 0 Å². The van der Waals surface area contributed by atoms with Gasteiger partial charge in [-0.1, -0.05) is 31.2 Å². The number of aromatic nitrogens is 1. The summed E-state index contributed by atoms with van der Waals surface area (Å²) < 4.78 is 13.4. The number of hydrogen-bond acceptors (Lipinski definition) is 2. The number of hydrogen-bond donors (Lipinski definition) is 4. The Kier molecular flexibility index (Phi) is 8.10. The molecule has 0 aliphatic heterocycles. The number of para-hydroxylation sites is 1. The zero-order valence-electron chi connectivity index (χ0n) is 16.1. The molecular weight excluding hydrogens is 470 g/mol. The summed E-state index contributed by atoms with van der Waals surface area (Å²) in [4.78, 5) is 7.58. The zero-order valence-corrected chi connectivity index (χ0v) is 18.4.